The van der Waals surface area contributed by atoms with Crippen LogP contribution in [0.25, 0.3) is 22.2 Å². The van der Waals surface area contributed by atoms with Gasteiger partial charge in [-0.1, -0.05) is 17.3 Å². The second kappa shape index (κ2) is 6.66. The Labute approximate surface area is 160 Å². The van der Waals surface area contributed by atoms with Crippen LogP contribution in [0.15, 0.2) is 67.3 Å². The Bertz CT molecular complexity index is 1270. The van der Waals surface area contributed by atoms with E-state index in [9.17, 15) is 0 Å². The molecule has 136 valence electrons. The van der Waals surface area contributed by atoms with E-state index in [1.54, 1.807) is 29.5 Å². The Morgan fingerprint density at radius 2 is 1.89 bits per heavy atom. The average Bonchev–Trinajstić information content (AvgIpc) is 3.16. The molecular weight excluding hydrogens is 352 g/mol. The molecule has 0 aliphatic carbocycles. The van der Waals surface area contributed by atoms with Gasteiger partial charge in [-0.05, 0) is 35.9 Å². The van der Waals surface area contributed by atoms with E-state index in [0.717, 1.165) is 22.2 Å². The van der Waals surface area contributed by atoms with Crippen molar-refractivity contribution >= 4 is 33.7 Å². The first-order chi connectivity index (χ1) is 13.8. The van der Waals surface area contributed by atoms with Crippen molar-refractivity contribution < 1.29 is 0 Å². The molecular formula is C20H16N8. The first kappa shape index (κ1) is 16.2. The number of hydrogen-bond donors (Lipinski definition) is 0. The van der Waals surface area contributed by atoms with Gasteiger partial charge in [0.2, 0.25) is 5.65 Å². The number of pyridine rings is 2. The maximum absolute atomic E-state index is 4.74. The van der Waals surface area contributed by atoms with Crippen LogP contribution in [0.3, 0.4) is 0 Å². The summed E-state index contributed by atoms with van der Waals surface area (Å²) in [7, 11) is 1.94. The summed E-state index contributed by atoms with van der Waals surface area (Å²) in [4.78, 5) is 19.5. The van der Waals surface area contributed by atoms with E-state index in [1.807, 2.05) is 48.3 Å². The van der Waals surface area contributed by atoms with Crippen LogP contribution in [0, 0.1) is 0 Å². The lowest BCUT2D eigenvalue weighted by Crippen LogP contribution is -2.12. The largest absolute Gasteiger partial charge is 0.328 e. The smallest absolute Gasteiger partial charge is 0.221 e. The van der Waals surface area contributed by atoms with Crippen LogP contribution in [0.5, 0.6) is 0 Å². The summed E-state index contributed by atoms with van der Waals surface area (Å²) in [6, 6.07) is 14.0. The first-order valence-electron chi connectivity index (χ1n) is 8.81. The number of rotatable bonds is 4. The summed E-state index contributed by atoms with van der Waals surface area (Å²) < 4.78 is 1.77. The third-order valence-corrected chi connectivity index (χ3v) is 4.61. The molecule has 0 fully saturated rings. The highest BCUT2D eigenvalue weighted by atomic mass is 15.5. The van der Waals surface area contributed by atoms with Gasteiger partial charge < -0.3 is 4.90 Å². The van der Waals surface area contributed by atoms with Crippen molar-refractivity contribution in [2.45, 2.75) is 6.54 Å². The molecule has 5 rings (SSSR count). The van der Waals surface area contributed by atoms with Gasteiger partial charge in [0, 0.05) is 36.7 Å². The van der Waals surface area contributed by atoms with E-state index in [0.29, 0.717) is 23.7 Å². The molecule has 0 bridgehead atoms. The Hall–Kier alpha value is -3.94. The molecule has 8 nitrogen and oxygen atoms in total. The molecule has 0 aliphatic heterocycles. The van der Waals surface area contributed by atoms with Gasteiger partial charge in [-0.15, -0.1) is 5.10 Å². The Morgan fingerprint density at radius 3 is 2.79 bits per heavy atom. The van der Waals surface area contributed by atoms with Crippen LogP contribution in [-0.4, -0.2) is 42.0 Å². The van der Waals surface area contributed by atoms with Crippen molar-refractivity contribution in [1.29, 1.82) is 0 Å². The van der Waals surface area contributed by atoms with Crippen molar-refractivity contribution in [2.75, 3.05) is 11.9 Å². The fourth-order valence-electron chi connectivity index (χ4n) is 3.11. The van der Waals surface area contributed by atoms with Gasteiger partial charge in [0.25, 0.3) is 0 Å². The molecule has 4 aromatic heterocycles. The predicted octanol–water partition coefficient (Wildman–Crippen LogP) is 2.98. The van der Waals surface area contributed by atoms with Gasteiger partial charge >= 0.3 is 0 Å². The fourth-order valence-corrected chi connectivity index (χ4v) is 3.11. The van der Waals surface area contributed by atoms with E-state index in [4.69, 9.17) is 4.98 Å². The Balaban J connectivity index is 1.51. The molecule has 4 heterocycles. The van der Waals surface area contributed by atoms with E-state index < -0.39 is 0 Å². The van der Waals surface area contributed by atoms with E-state index in [2.05, 4.69) is 31.3 Å². The van der Waals surface area contributed by atoms with Crippen molar-refractivity contribution in [3.63, 3.8) is 0 Å². The lowest BCUT2D eigenvalue weighted by atomic mass is 10.1. The van der Waals surface area contributed by atoms with Crippen LogP contribution < -0.4 is 4.90 Å². The fraction of sp³-hybridized carbons (Fsp3) is 0.100. The Morgan fingerprint density at radius 1 is 1.00 bits per heavy atom. The third kappa shape index (κ3) is 2.90. The molecule has 0 radical (unpaired) electrons. The molecule has 1 aromatic carbocycles. The molecule has 0 unspecified atom stereocenters. The topological polar surface area (TPSA) is 85.5 Å². The van der Waals surface area contributed by atoms with Crippen LogP contribution in [0.2, 0.25) is 0 Å². The minimum Gasteiger partial charge on any atom is -0.328 e. The van der Waals surface area contributed by atoms with Crippen molar-refractivity contribution in [3.8, 4) is 0 Å². The zero-order valence-corrected chi connectivity index (χ0v) is 15.1. The van der Waals surface area contributed by atoms with Gasteiger partial charge in [0.05, 0.1) is 18.3 Å². The zero-order valence-electron chi connectivity index (χ0n) is 15.1. The molecule has 28 heavy (non-hydrogen) atoms. The number of benzene rings is 1. The highest BCUT2D eigenvalue weighted by Crippen LogP contribution is 2.22. The van der Waals surface area contributed by atoms with Crippen molar-refractivity contribution in [2.24, 2.45) is 0 Å². The van der Waals surface area contributed by atoms with Gasteiger partial charge in [0.15, 0.2) is 11.5 Å². The van der Waals surface area contributed by atoms with Crippen LogP contribution >= 0.6 is 0 Å². The maximum atomic E-state index is 4.74. The highest BCUT2D eigenvalue weighted by molar-refractivity contribution is 5.79. The molecule has 0 saturated carbocycles. The molecule has 0 atom stereocenters. The number of hydrogen-bond acceptors (Lipinski definition) is 7. The second-order valence-corrected chi connectivity index (χ2v) is 6.42. The summed E-state index contributed by atoms with van der Waals surface area (Å²) in [6.07, 6.45) is 6.99. The van der Waals surface area contributed by atoms with E-state index in [1.165, 1.54) is 0 Å². The summed E-state index contributed by atoms with van der Waals surface area (Å²) in [5, 5.41) is 9.48. The van der Waals surface area contributed by atoms with Gasteiger partial charge in [-0.2, -0.15) is 0 Å². The minimum absolute atomic E-state index is 0.523. The molecule has 0 saturated heterocycles. The van der Waals surface area contributed by atoms with Crippen molar-refractivity contribution in [1.82, 2.24) is 34.9 Å². The van der Waals surface area contributed by atoms with Crippen molar-refractivity contribution in [3.05, 3.63) is 72.8 Å². The van der Waals surface area contributed by atoms with Crippen LogP contribution in [0.4, 0.5) is 11.5 Å². The van der Waals surface area contributed by atoms with Gasteiger partial charge in [-0.3, -0.25) is 9.97 Å². The number of nitrogens with zero attached hydrogens (tertiary/aromatic N) is 8. The lowest BCUT2D eigenvalue weighted by Gasteiger charge is -2.17. The summed E-state index contributed by atoms with van der Waals surface area (Å²) in [5.74, 6) is 0.713. The molecule has 0 spiro atoms. The van der Waals surface area contributed by atoms with E-state index >= 15 is 0 Å². The quantitative estimate of drug-likeness (QED) is 0.482. The number of anilines is 2. The molecule has 5 aromatic rings. The predicted molar refractivity (Wildman–Crippen MR) is 106 cm³/mol. The van der Waals surface area contributed by atoms with Gasteiger partial charge in [-0.25, -0.2) is 14.6 Å². The Kier molecular flexibility index (Phi) is 3.86. The zero-order chi connectivity index (χ0) is 18.9. The molecule has 0 amide bonds. The number of aromatic nitrogens is 7. The first-order valence-corrected chi connectivity index (χ1v) is 8.81. The summed E-state index contributed by atoms with van der Waals surface area (Å²) in [5.41, 5.74) is 4.21. The molecule has 0 N–H and O–H groups in total. The van der Waals surface area contributed by atoms with Crippen LogP contribution in [0.1, 0.15) is 5.56 Å². The SMILES string of the molecule is CN(c1ccncc1)c1cnc2nnn(Cc3ccc4ncccc4c3)c2n1. The monoisotopic (exact) mass is 368 g/mol. The summed E-state index contributed by atoms with van der Waals surface area (Å²) >= 11 is 0. The maximum Gasteiger partial charge on any atom is 0.221 e. The normalized spacial score (nSPS) is 11.2. The van der Waals surface area contributed by atoms with Crippen LogP contribution in [-0.2, 0) is 6.54 Å². The third-order valence-electron chi connectivity index (χ3n) is 4.61. The summed E-state index contributed by atoms with van der Waals surface area (Å²) in [6.45, 7) is 0.554. The average molecular weight is 368 g/mol. The number of fused-ring (bicyclic) bond motifs is 2. The lowest BCUT2D eigenvalue weighted by molar-refractivity contribution is 0.664. The van der Waals surface area contributed by atoms with E-state index in [-0.39, 0.29) is 0 Å². The standard InChI is InChI=1S/C20H16N8/c1-27(16-6-9-21-10-7-16)18-12-23-19-20(24-18)28(26-25-19)13-14-4-5-17-15(11-14)3-2-8-22-17/h2-12H,13H2,1H3. The molecule has 0 aliphatic rings. The minimum atomic E-state index is 0.523. The highest BCUT2D eigenvalue weighted by Gasteiger charge is 2.12. The second-order valence-electron chi connectivity index (χ2n) is 6.42. The van der Waals surface area contributed by atoms with Gasteiger partial charge in [0.1, 0.15) is 0 Å². The molecule has 8 heteroatoms.